The Labute approximate surface area is 123 Å². The van der Waals surface area contributed by atoms with Gasteiger partial charge in [0.1, 0.15) is 9.90 Å². The van der Waals surface area contributed by atoms with Crippen LogP contribution in [0.15, 0.2) is 4.90 Å². The highest BCUT2D eigenvalue weighted by molar-refractivity contribution is 7.91. The third-order valence-electron chi connectivity index (χ3n) is 2.74. The number of amides is 1. The SMILES string of the molecule is CCCN(CC(=O)NC)c1snc(N)c1S(=O)(=O)CC. The highest BCUT2D eigenvalue weighted by Crippen LogP contribution is 2.35. The van der Waals surface area contributed by atoms with Crippen molar-refractivity contribution in [3.63, 3.8) is 0 Å². The maximum atomic E-state index is 12.1. The number of nitrogens with two attached hydrogens (primary N) is 1. The van der Waals surface area contributed by atoms with Crippen molar-refractivity contribution in [2.45, 2.75) is 25.2 Å². The van der Waals surface area contributed by atoms with E-state index in [9.17, 15) is 13.2 Å². The second kappa shape index (κ2) is 6.89. The molecular formula is C11H20N4O3S2. The smallest absolute Gasteiger partial charge is 0.239 e. The lowest BCUT2D eigenvalue weighted by Crippen LogP contribution is -2.36. The van der Waals surface area contributed by atoms with Crippen molar-refractivity contribution < 1.29 is 13.2 Å². The fourth-order valence-corrected chi connectivity index (χ4v) is 4.03. The van der Waals surface area contributed by atoms with E-state index in [-0.39, 0.29) is 28.9 Å². The van der Waals surface area contributed by atoms with Crippen LogP contribution < -0.4 is 16.0 Å². The number of likely N-dealkylation sites (N-methyl/N-ethyl adjacent to an activating group) is 1. The monoisotopic (exact) mass is 320 g/mol. The Kier molecular flexibility index (Phi) is 5.75. The van der Waals surface area contributed by atoms with E-state index in [0.717, 1.165) is 18.0 Å². The second-order valence-corrected chi connectivity index (χ2v) is 7.17. The average Bonchev–Trinajstić information content (AvgIpc) is 2.80. The Hall–Kier alpha value is -1.35. The molecule has 7 nitrogen and oxygen atoms in total. The first-order valence-electron chi connectivity index (χ1n) is 6.30. The molecular weight excluding hydrogens is 300 g/mol. The van der Waals surface area contributed by atoms with Gasteiger partial charge in [0.25, 0.3) is 0 Å². The van der Waals surface area contributed by atoms with Crippen molar-refractivity contribution in [3.8, 4) is 0 Å². The largest absolute Gasteiger partial charge is 0.382 e. The van der Waals surface area contributed by atoms with Gasteiger partial charge in [-0.25, -0.2) is 8.42 Å². The Morgan fingerprint density at radius 2 is 2.10 bits per heavy atom. The lowest BCUT2D eigenvalue weighted by molar-refractivity contribution is -0.119. The second-order valence-electron chi connectivity index (χ2n) is 4.20. The highest BCUT2D eigenvalue weighted by atomic mass is 32.2. The minimum Gasteiger partial charge on any atom is -0.382 e. The molecule has 0 atom stereocenters. The van der Waals surface area contributed by atoms with Crippen LogP contribution in [0.3, 0.4) is 0 Å². The van der Waals surface area contributed by atoms with Crippen molar-refractivity contribution in [2.24, 2.45) is 0 Å². The average molecular weight is 320 g/mol. The molecule has 0 aliphatic heterocycles. The Morgan fingerprint density at radius 3 is 2.60 bits per heavy atom. The number of nitrogens with one attached hydrogen (secondary N) is 1. The predicted molar refractivity (Wildman–Crippen MR) is 80.8 cm³/mol. The summed E-state index contributed by atoms with van der Waals surface area (Å²) in [6.45, 7) is 4.15. The summed E-state index contributed by atoms with van der Waals surface area (Å²) in [6.07, 6.45) is 0.778. The molecule has 0 saturated carbocycles. The summed E-state index contributed by atoms with van der Waals surface area (Å²) in [5, 5.41) is 2.97. The zero-order chi connectivity index (χ0) is 15.3. The van der Waals surface area contributed by atoms with Crippen LogP contribution in [0.4, 0.5) is 10.8 Å². The normalized spacial score (nSPS) is 11.3. The third-order valence-corrected chi connectivity index (χ3v) is 5.58. The van der Waals surface area contributed by atoms with Gasteiger partial charge >= 0.3 is 0 Å². The van der Waals surface area contributed by atoms with Gasteiger partial charge in [0.2, 0.25) is 5.91 Å². The first-order chi connectivity index (χ1) is 9.37. The molecule has 3 N–H and O–H groups in total. The van der Waals surface area contributed by atoms with Gasteiger partial charge < -0.3 is 16.0 Å². The predicted octanol–water partition coefficient (Wildman–Crippen LogP) is 0.481. The molecule has 0 saturated heterocycles. The van der Waals surface area contributed by atoms with Crippen LogP contribution in [0.2, 0.25) is 0 Å². The summed E-state index contributed by atoms with van der Waals surface area (Å²) in [7, 11) is -1.93. The molecule has 9 heteroatoms. The van der Waals surface area contributed by atoms with Crippen molar-refractivity contribution in [3.05, 3.63) is 0 Å². The van der Waals surface area contributed by atoms with Gasteiger partial charge in [-0.3, -0.25) is 4.79 Å². The van der Waals surface area contributed by atoms with Crippen molar-refractivity contribution in [2.75, 3.05) is 36.5 Å². The molecule has 0 unspecified atom stereocenters. The highest BCUT2D eigenvalue weighted by Gasteiger charge is 2.27. The summed E-state index contributed by atoms with van der Waals surface area (Å²) >= 11 is 1.01. The van der Waals surface area contributed by atoms with Gasteiger partial charge in [-0.05, 0) is 18.0 Å². The van der Waals surface area contributed by atoms with E-state index in [4.69, 9.17) is 5.73 Å². The standard InChI is InChI=1S/C11H20N4O3S2/c1-4-6-15(7-8(16)13-3)11-9(10(12)14-19-11)20(17,18)5-2/h4-7H2,1-3H3,(H2,12,14)(H,13,16). The van der Waals surface area contributed by atoms with Crippen molar-refractivity contribution >= 4 is 38.1 Å². The van der Waals surface area contributed by atoms with Crippen LogP contribution >= 0.6 is 11.5 Å². The van der Waals surface area contributed by atoms with Crippen LogP contribution in [0.25, 0.3) is 0 Å². The molecule has 114 valence electrons. The molecule has 1 rings (SSSR count). The number of anilines is 2. The van der Waals surface area contributed by atoms with E-state index >= 15 is 0 Å². The molecule has 20 heavy (non-hydrogen) atoms. The Balaban J connectivity index is 3.25. The quantitative estimate of drug-likeness (QED) is 0.757. The number of carbonyl (C=O) groups is 1. The summed E-state index contributed by atoms with van der Waals surface area (Å²) < 4.78 is 28.2. The van der Waals surface area contributed by atoms with E-state index in [1.807, 2.05) is 6.92 Å². The number of nitrogen functional groups attached to an aromatic ring is 1. The number of hydrogen-bond acceptors (Lipinski definition) is 7. The van der Waals surface area contributed by atoms with Gasteiger partial charge in [-0.1, -0.05) is 13.8 Å². The van der Waals surface area contributed by atoms with Crippen LogP contribution in [-0.2, 0) is 14.6 Å². The number of nitrogens with zero attached hydrogens (tertiary/aromatic N) is 2. The molecule has 0 aromatic carbocycles. The van der Waals surface area contributed by atoms with Crippen molar-refractivity contribution in [1.29, 1.82) is 0 Å². The van der Waals surface area contributed by atoms with Gasteiger partial charge in [0.15, 0.2) is 15.7 Å². The fraction of sp³-hybridized carbons (Fsp3) is 0.636. The van der Waals surface area contributed by atoms with E-state index in [2.05, 4.69) is 9.69 Å². The lowest BCUT2D eigenvalue weighted by atomic mass is 10.4. The summed E-state index contributed by atoms with van der Waals surface area (Å²) in [6, 6.07) is 0. The topological polar surface area (TPSA) is 105 Å². The van der Waals surface area contributed by atoms with Gasteiger partial charge in [0, 0.05) is 13.6 Å². The van der Waals surface area contributed by atoms with Gasteiger partial charge in [-0.15, -0.1) is 0 Å². The first-order valence-corrected chi connectivity index (χ1v) is 8.73. The zero-order valence-corrected chi connectivity index (χ0v) is 13.5. The third kappa shape index (κ3) is 3.60. The number of carbonyl (C=O) groups excluding carboxylic acids is 1. The number of hydrogen-bond donors (Lipinski definition) is 2. The lowest BCUT2D eigenvalue weighted by Gasteiger charge is -2.22. The van der Waals surface area contributed by atoms with E-state index < -0.39 is 9.84 Å². The summed E-state index contributed by atoms with van der Waals surface area (Å²) in [5.41, 5.74) is 5.69. The van der Waals surface area contributed by atoms with E-state index in [0.29, 0.717) is 11.5 Å². The van der Waals surface area contributed by atoms with Crippen molar-refractivity contribution in [1.82, 2.24) is 9.69 Å². The molecule has 0 bridgehead atoms. The summed E-state index contributed by atoms with van der Waals surface area (Å²) in [5.74, 6) is -0.238. The number of sulfone groups is 1. The fourth-order valence-electron chi connectivity index (χ4n) is 1.70. The molecule has 1 amide bonds. The summed E-state index contributed by atoms with van der Waals surface area (Å²) in [4.78, 5) is 13.3. The molecule has 0 aliphatic rings. The molecule has 1 aromatic rings. The Bertz CT molecular complexity index is 568. The van der Waals surface area contributed by atoms with E-state index in [1.165, 1.54) is 7.05 Å². The molecule has 1 heterocycles. The molecule has 1 aromatic heterocycles. The van der Waals surface area contributed by atoms with Crippen LogP contribution in [0.5, 0.6) is 0 Å². The first kappa shape index (κ1) is 16.7. The number of rotatable bonds is 7. The van der Waals surface area contributed by atoms with Crippen LogP contribution in [-0.4, -0.2) is 44.6 Å². The van der Waals surface area contributed by atoms with Gasteiger partial charge in [-0.2, -0.15) is 4.37 Å². The van der Waals surface area contributed by atoms with Gasteiger partial charge in [0.05, 0.1) is 12.3 Å². The minimum atomic E-state index is -3.47. The Morgan fingerprint density at radius 1 is 1.45 bits per heavy atom. The maximum Gasteiger partial charge on any atom is 0.239 e. The zero-order valence-electron chi connectivity index (χ0n) is 11.8. The van der Waals surface area contributed by atoms with E-state index in [1.54, 1.807) is 11.8 Å². The molecule has 0 aliphatic carbocycles. The number of aromatic nitrogens is 1. The molecule has 0 radical (unpaired) electrons. The molecule has 0 fully saturated rings. The van der Waals surface area contributed by atoms with Crippen LogP contribution in [0.1, 0.15) is 20.3 Å². The maximum absolute atomic E-state index is 12.1. The molecule has 0 spiro atoms. The minimum absolute atomic E-state index is 0.00450. The van der Waals surface area contributed by atoms with Crippen LogP contribution in [0, 0.1) is 0 Å².